The predicted octanol–water partition coefficient (Wildman–Crippen LogP) is 1.25. The minimum absolute atomic E-state index is 0.0651. The monoisotopic (exact) mass is 200 g/mol. The first-order chi connectivity index (χ1) is 6.77. The maximum absolute atomic E-state index is 10.7. The average molecular weight is 200 g/mol. The Morgan fingerprint density at radius 2 is 1.64 bits per heavy atom. The van der Waals surface area contributed by atoms with Crippen LogP contribution in [0.4, 0.5) is 0 Å². The Labute approximate surface area is 83.2 Å². The Hall–Kier alpha value is -0.610. The van der Waals surface area contributed by atoms with Crippen molar-refractivity contribution in [3.8, 4) is 0 Å². The Morgan fingerprint density at radius 3 is 2.14 bits per heavy atom. The molecule has 0 aromatic heterocycles. The van der Waals surface area contributed by atoms with Gasteiger partial charge in [0, 0.05) is 5.92 Å². The molecule has 2 fully saturated rings. The van der Waals surface area contributed by atoms with Crippen LogP contribution in [-0.2, 0) is 14.3 Å². The highest BCUT2D eigenvalue weighted by molar-refractivity contribution is 5.69. The molecule has 80 valence electrons. The third-order valence-corrected chi connectivity index (χ3v) is 3.15. The van der Waals surface area contributed by atoms with Gasteiger partial charge in [-0.2, -0.15) is 0 Å². The number of hydrogen-bond donors (Lipinski definition) is 1. The van der Waals surface area contributed by atoms with Crippen LogP contribution in [-0.4, -0.2) is 30.6 Å². The van der Waals surface area contributed by atoms with Crippen molar-refractivity contribution in [1.29, 1.82) is 0 Å². The predicted molar refractivity (Wildman–Crippen MR) is 48.8 cm³/mol. The molecule has 0 spiro atoms. The lowest BCUT2D eigenvalue weighted by Gasteiger charge is -2.28. The number of carbonyl (C=O) groups is 1. The molecule has 1 N–H and O–H groups in total. The first-order valence-corrected chi connectivity index (χ1v) is 5.23. The highest BCUT2D eigenvalue weighted by atomic mass is 16.7. The Morgan fingerprint density at radius 1 is 1.07 bits per heavy atom. The van der Waals surface area contributed by atoms with Gasteiger partial charge < -0.3 is 14.6 Å². The van der Waals surface area contributed by atoms with Crippen molar-refractivity contribution in [2.24, 2.45) is 11.8 Å². The summed E-state index contributed by atoms with van der Waals surface area (Å²) in [4.78, 5) is 10.7. The van der Waals surface area contributed by atoms with Crippen LogP contribution in [0.2, 0.25) is 0 Å². The Balaban J connectivity index is 1.80. The van der Waals surface area contributed by atoms with Crippen LogP contribution in [0.5, 0.6) is 0 Å². The number of aliphatic carboxylic acids is 1. The van der Waals surface area contributed by atoms with E-state index in [1.807, 2.05) is 0 Å². The minimum atomic E-state index is -0.656. The van der Waals surface area contributed by atoms with Gasteiger partial charge in [-0.15, -0.1) is 0 Å². The number of carboxylic acids is 1. The third kappa shape index (κ3) is 2.07. The van der Waals surface area contributed by atoms with Crippen LogP contribution < -0.4 is 0 Å². The molecule has 2 rings (SSSR count). The summed E-state index contributed by atoms with van der Waals surface area (Å²) >= 11 is 0. The average Bonchev–Trinajstić information content (AvgIpc) is 2.71. The molecule has 2 aliphatic rings. The van der Waals surface area contributed by atoms with Crippen molar-refractivity contribution < 1.29 is 19.4 Å². The summed E-state index contributed by atoms with van der Waals surface area (Å²) in [5, 5.41) is 8.83. The van der Waals surface area contributed by atoms with Gasteiger partial charge in [0.2, 0.25) is 0 Å². The summed E-state index contributed by atoms with van der Waals surface area (Å²) < 4.78 is 10.8. The van der Waals surface area contributed by atoms with E-state index < -0.39 is 5.97 Å². The summed E-state index contributed by atoms with van der Waals surface area (Å²) in [6.45, 7) is 1.37. The van der Waals surface area contributed by atoms with Gasteiger partial charge in [-0.3, -0.25) is 4.79 Å². The van der Waals surface area contributed by atoms with Crippen LogP contribution in [0.25, 0.3) is 0 Å². The van der Waals surface area contributed by atoms with Crippen molar-refractivity contribution in [3.05, 3.63) is 0 Å². The molecule has 1 saturated carbocycles. The zero-order valence-electron chi connectivity index (χ0n) is 8.15. The van der Waals surface area contributed by atoms with Gasteiger partial charge in [-0.25, -0.2) is 0 Å². The first-order valence-electron chi connectivity index (χ1n) is 5.23. The molecule has 0 amide bonds. The van der Waals surface area contributed by atoms with E-state index in [4.69, 9.17) is 14.6 Å². The summed E-state index contributed by atoms with van der Waals surface area (Å²) in [5.74, 6) is -0.391. The van der Waals surface area contributed by atoms with Crippen molar-refractivity contribution in [2.75, 3.05) is 13.2 Å². The highest BCUT2D eigenvalue weighted by Crippen LogP contribution is 2.33. The highest BCUT2D eigenvalue weighted by Gasteiger charge is 2.33. The molecule has 0 unspecified atom stereocenters. The largest absolute Gasteiger partial charge is 0.481 e. The number of rotatable bonds is 2. The Kier molecular flexibility index (Phi) is 3.03. The smallest absolute Gasteiger partial charge is 0.306 e. The van der Waals surface area contributed by atoms with E-state index in [1.165, 1.54) is 0 Å². The number of hydrogen-bond acceptors (Lipinski definition) is 3. The van der Waals surface area contributed by atoms with Gasteiger partial charge in [0.25, 0.3) is 0 Å². The zero-order chi connectivity index (χ0) is 9.97. The Bertz CT molecular complexity index is 202. The second kappa shape index (κ2) is 4.28. The van der Waals surface area contributed by atoms with Gasteiger partial charge in [-0.1, -0.05) is 0 Å². The molecule has 1 aliphatic heterocycles. The number of carboxylic acid groups (broad SMARTS) is 1. The molecule has 14 heavy (non-hydrogen) atoms. The van der Waals surface area contributed by atoms with E-state index in [0.29, 0.717) is 19.1 Å². The summed E-state index contributed by atoms with van der Waals surface area (Å²) in [6, 6.07) is 0. The molecule has 0 atom stereocenters. The molecule has 0 aromatic carbocycles. The topological polar surface area (TPSA) is 55.8 Å². The molecule has 0 bridgehead atoms. The summed E-state index contributed by atoms with van der Waals surface area (Å²) in [5.41, 5.74) is 0. The van der Waals surface area contributed by atoms with Crippen molar-refractivity contribution in [3.63, 3.8) is 0 Å². The fourth-order valence-corrected chi connectivity index (χ4v) is 2.29. The fourth-order valence-electron chi connectivity index (χ4n) is 2.29. The molecule has 4 nitrogen and oxygen atoms in total. The standard InChI is InChI=1S/C10H16O4/c11-9(12)7-1-3-8(4-2-7)10-13-5-6-14-10/h7-8,10H,1-6H2,(H,11,12). The molecule has 1 aliphatic carbocycles. The van der Waals surface area contributed by atoms with E-state index in [2.05, 4.69) is 0 Å². The van der Waals surface area contributed by atoms with Gasteiger partial charge in [0.15, 0.2) is 6.29 Å². The SMILES string of the molecule is O=C(O)C1CCC(C2OCCO2)CC1. The van der Waals surface area contributed by atoms with Gasteiger partial charge in [0.1, 0.15) is 0 Å². The molecule has 1 heterocycles. The maximum Gasteiger partial charge on any atom is 0.306 e. The second-order valence-corrected chi connectivity index (χ2v) is 4.06. The lowest BCUT2D eigenvalue weighted by molar-refractivity contribution is -0.145. The number of ether oxygens (including phenoxy) is 2. The zero-order valence-corrected chi connectivity index (χ0v) is 8.15. The van der Waals surface area contributed by atoms with Crippen molar-refractivity contribution in [1.82, 2.24) is 0 Å². The summed E-state index contributed by atoms with van der Waals surface area (Å²) in [6.07, 6.45) is 3.31. The molecule has 4 heteroatoms. The van der Waals surface area contributed by atoms with Crippen LogP contribution in [0.1, 0.15) is 25.7 Å². The van der Waals surface area contributed by atoms with Crippen LogP contribution >= 0.6 is 0 Å². The quantitative estimate of drug-likeness (QED) is 0.728. The molecular formula is C10H16O4. The molecular weight excluding hydrogens is 184 g/mol. The van der Waals surface area contributed by atoms with Crippen LogP contribution in [0.15, 0.2) is 0 Å². The second-order valence-electron chi connectivity index (χ2n) is 4.06. The van der Waals surface area contributed by atoms with Gasteiger partial charge >= 0.3 is 5.97 Å². The minimum Gasteiger partial charge on any atom is -0.481 e. The van der Waals surface area contributed by atoms with E-state index in [-0.39, 0.29) is 12.2 Å². The van der Waals surface area contributed by atoms with E-state index >= 15 is 0 Å². The van der Waals surface area contributed by atoms with Crippen LogP contribution in [0.3, 0.4) is 0 Å². The van der Waals surface area contributed by atoms with E-state index in [0.717, 1.165) is 25.7 Å². The van der Waals surface area contributed by atoms with E-state index in [1.54, 1.807) is 0 Å². The fraction of sp³-hybridized carbons (Fsp3) is 0.900. The summed E-state index contributed by atoms with van der Waals surface area (Å²) in [7, 11) is 0. The molecule has 0 aromatic rings. The van der Waals surface area contributed by atoms with E-state index in [9.17, 15) is 4.79 Å². The van der Waals surface area contributed by atoms with Gasteiger partial charge in [-0.05, 0) is 25.7 Å². The third-order valence-electron chi connectivity index (χ3n) is 3.15. The first kappa shape index (κ1) is 9.93. The van der Waals surface area contributed by atoms with Gasteiger partial charge in [0.05, 0.1) is 19.1 Å². The molecule has 0 radical (unpaired) electrons. The lowest BCUT2D eigenvalue weighted by Crippen LogP contribution is -2.29. The maximum atomic E-state index is 10.7. The normalized spacial score (nSPS) is 34.6. The lowest BCUT2D eigenvalue weighted by atomic mass is 9.82. The van der Waals surface area contributed by atoms with Crippen molar-refractivity contribution in [2.45, 2.75) is 32.0 Å². The van der Waals surface area contributed by atoms with Crippen molar-refractivity contribution >= 4 is 5.97 Å². The molecule has 1 saturated heterocycles. The van der Waals surface area contributed by atoms with Crippen LogP contribution in [0, 0.1) is 11.8 Å².